The second kappa shape index (κ2) is 4.58. The molecule has 1 saturated carbocycles. The van der Waals surface area contributed by atoms with Crippen LogP contribution in [0.25, 0.3) is 10.9 Å². The van der Waals surface area contributed by atoms with Crippen LogP contribution in [0.2, 0.25) is 0 Å². The van der Waals surface area contributed by atoms with E-state index in [1.165, 1.54) is 24.6 Å². The number of fused-ring (bicyclic) bond motifs is 1. The molecule has 4 heteroatoms. The molecule has 1 atom stereocenters. The van der Waals surface area contributed by atoms with E-state index in [2.05, 4.69) is 16.0 Å². The van der Waals surface area contributed by atoms with Gasteiger partial charge in [-0.1, -0.05) is 30.0 Å². The van der Waals surface area contributed by atoms with Gasteiger partial charge in [-0.3, -0.25) is 0 Å². The fourth-order valence-corrected chi connectivity index (χ4v) is 2.71. The van der Waals surface area contributed by atoms with Gasteiger partial charge in [0.25, 0.3) is 0 Å². The molecule has 0 N–H and O–H groups in total. The summed E-state index contributed by atoms with van der Waals surface area (Å²) >= 11 is 1.52. The van der Waals surface area contributed by atoms with Gasteiger partial charge in [0.05, 0.1) is 16.8 Å². The Bertz CT molecular complexity index is 628. The second-order valence-corrected chi connectivity index (χ2v) is 5.90. The third-order valence-corrected chi connectivity index (χ3v) is 3.99. The van der Waals surface area contributed by atoms with Crippen molar-refractivity contribution in [2.45, 2.75) is 36.0 Å². The van der Waals surface area contributed by atoms with E-state index >= 15 is 0 Å². The molecular weight excluding hydrogens is 242 g/mol. The number of hydrogen-bond acceptors (Lipinski definition) is 4. The average molecular weight is 255 g/mol. The maximum absolute atomic E-state index is 8.94. The molecule has 3 rings (SSSR count). The Balaban J connectivity index is 2.11. The highest BCUT2D eigenvalue weighted by Crippen LogP contribution is 2.40. The van der Waals surface area contributed by atoms with Crippen LogP contribution in [0.15, 0.2) is 29.3 Å². The van der Waals surface area contributed by atoms with Crippen LogP contribution in [0.5, 0.6) is 0 Å². The third-order valence-electron chi connectivity index (χ3n) is 3.00. The van der Waals surface area contributed by atoms with E-state index in [4.69, 9.17) is 5.26 Å². The van der Waals surface area contributed by atoms with Crippen molar-refractivity contribution >= 4 is 22.7 Å². The minimum Gasteiger partial charge on any atom is -0.233 e. The van der Waals surface area contributed by atoms with Gasteiger partial charge in [-0.2, -0.15) is 5.26 Å². The number of thioether (sulfide) groups is 1. The topological polar surface area (TPSA) is 49.6 Å². The predicted octanol–water partition coefficient (Wildman–Crippen LogP) is 3.51. The van der Waals surface area contributed by atoms with Gasteiger partial charge >= 0.3 is 0 Å². The van der Waals surface area contributed by atoms with Crippen LogP contribution in [-0.4, -0.2) is 15.2 Å². The van der Waals surface area contributed by atoms with Gasteiger partial charge in [0.15, 0.2) is 0 Å². The molecular formula is C14H13N3S. The second-order valence-electron chi connectivity index (χ2n) is 4.57. The maximum atomic E-state index is 8.94. The lowest BCUT2D eigenvalue weighted by molar-refractivity contribution is 0.904. The molecule has 1 aromatic heterocycles. The minimum absolute atomic E-state index is 0.0876. The van der Waals surface area contributed by atoms with E-state index < -0.39 is 0 Å². The Hall–Kier alpha value is -1.60. The Labute approximate surface area is 110 Å². The average Bonchev–Trinajstić information content (AvgIpc) is 3.22. The molecule has 3 nitrogen and oxygen atoms in total. The molecule has 1 aliphatic carbocycles. The predicted molar refractivity (Wildman–Crippen MR) is 72.4 cm³/mol. The number of para-hydroxylation sites is 1. The first-order valence-corrected chi connectivity index (χ1v) is 6.99. The lowest BCUT2D eigenvalue weighted by atomic mass is 10.2. The standard InChI is InChI=1S/C14H13N3S/c1-9(8-15)18-14-11-4-2-3-5-12(11)16-13(17-14)10-6-7-10/h2-5,9-10H,6-7H2,1H3. The van der Waals surface area contributed by atoms with Crippen molar-refractivity contribution in [1.82, 2.24) is 9.97 Å². The normalized spacial score (nSPS) is 16.4. The monoisotopic (exact) mass is 255 g/mol. The molecule has 1 unspecified atom stereocenters. The zero-order valence-electron chi connectivity index (χ0n) is 10.1. The van der Waals surface area contributed by atoms with Gasteiger partial charge in [0, 0.05) is 11.3 Å². The molecule has 2 aromatic rings. The molecule has 0 saturated heterocycles. The Morgan fingerprint density at radius 3 is 2.83 bits per heavy atom. The van der Waals surface area contributed by atoms with E-state index in [1.54, 1.807) is 0 Å². The van der Waals surface area contributed by atoms with Gasteiger partial charge in [-0.15, -0.1) is 0 Å². The van der Waals surface area contributed by atoms with Crippen LogP contribution < -0.4 is 0 Å². The van der Waals surface area contributed by atoms with Gasteiger partial charge in [-0.05, 0) is 25.8 Å². The SMILES string of the molecule is CC(C#N)Sc1nc(C2CC2)nc2ccccc12. The van der Waals surface area contributed by atoms with E-state index in [9.17, 15) is 0 Å². The molecule has 0 spiro atoms. The first kappa shape index (κ1) is 11.5. The highest BCUT2D eigenvalue weighted by Gasteiger charge is 2.27. The molecule has 0 radical (unpaired) electrons. The number of nitrogens with zero attached hydrogens (tertiary/aromatic N) is 3. The Morgan fingerprint density at radius 2 is 2.11 bits per heavy atom. The summed E-state index contributed by atoms with van der Waals surface area (Å²) in [4.78, 5) is 9.28. The van der Waals surface area contributed by atoms with Crippen molar-refractivity contribution in [3.05, 3.63) is 30.1 Å². The number of aromatic nitrogens is 2. The highest BCUT2D eigenvalue weighted by atomic mass is 32.2. The fourth-order valence-electron chi connectivity index (χ4n) is 1.87. The molecule has 1 aliphatic rings. The summed E-state index contributed by atoms with van der Waals surface area (Å²) in [6, 6.07) is 10.3. The lowest BCUT2D eigenvalue weighted by Crippen LogP contribution is -1.99. The minimum atomic E-state index is -0.0876. The summed E-state index contributed by atoms with van der Waals surface area (Å²) < 4.78 is 0. The van der Waals surface area contributed by atoms with Gasteiger partial charge in [0.1, 0.15) is 10.9 Å². The summed E-state index contributed by atoms with van der Waals surface area (Å²) in [5.74, 6) is 1.48. The molecule has 0 bridgehead atoms. The maximum Gasteiger partial charge on any atom is 0.133 e. The van der Waals surface area contributed by atoms with Crippen LogP contribution in [0.4, 0.5) is 0 Å². The Kier molecular flexibility index (Phi) is 2.92. The molecule has 1 fully saturated rings. The summed E-state index contributed by atoms with van der Waals surface area (Å²) in [6.45, 7) is 1.90. The van der Waals surface area contributed by atoms with Crippen LogP contribution in [0, 0.1) is 11.3 Å². The number of hydrogen-bond donors (Lipinski definition) is 0. The quantitative estimate of drug-likeness (QED) is 0.622. The lowest BCUT2D eigenvalue weighted by Gasteiger charge is -2.08. The summed E-state index contributed by atoms with van der Waals surface area (Å²) in [5, 5.41) is 10.8. The zero-order valence-corrected chi connectivity index (χ0v) is 10.9. The first-order chi connectivity index (χ1) is 8.78. The van der Waals surface area contributed by atoms with Crippen molar-refractivity contribution < 1.29 is 0 Å². The largest absolute Gasteiger partial charge is 0.233 e. The Morgan fingerprint density at radius 1 is 1.33 bits per heavy atom. The van der Waals surface area contributed by atoms with E-state index in [-0.39, 0.29) is 5.25 Å². The highest BCUT2D eigenvalue weighted by molar-refractivity contribution is 8.00. The van der Waals surface area contributed by atoms with E-state index in [0.29, 0.717) is 5.92 Å². The zero-order chi connectivity index (χ0) is 12.5. The van der Waals surface area contributed by atoms with Crippen molar-refractivity contribution in [3.63, 3.8) is 0 Å². The van der Waals surface area contributed by atoms with Crippen molar-refractivity contribution in [3.8, 4) is 6.07 Å². The number of benzene rings is 1. The van der Waals surface area contributed by atoms with Crippen molar-refractivity contribution in [1.29, 1.82) is 5.26 Å². The molecule has 0 amide bonds. The van der Waals surface area contributed by atoms with Crippen LogP contribution >= 0.6 is 11.8 Å². The molecule has 0 aliphatic heterocycles. The third kappa shape index (κ3) is 2.19. The van der Waals surface area contributed by atoms with Gasteiger partial charge in [-0.25, -0.2) is 9.97 Å². The number of nitriles is 1. The van der Waals surface area contributed by atoms with E-state index in [0.717, 1.165) is 21.8 Å². The summed E-state index contributed by atoms with van der Waals surface area (Å²) in [5.41, 5.74) is 0.988. The van der Waals surface area contributed by atoms with E-state index in [1.807, 2.05) is 31.2 Å². The van der Waals surface area contributed by atoms with Crippen molar-refractivity contribution in [2.24, 2.45) is 0 Å². The van der Waals surface area contributed by atoms with Gasteiger partial charge in [0.2, 0.25) is 0 Å². The fraction of sp³-hybridized carbons (Fsp3) is 0.357. The van der Waals surface area contributed by atoms with Crippen LogP contribution in [0.3, 0.4) is 0 Å². The molecule has 18 heavy (non-hydrogen) atoms. The molecule has 1 aromatic carbocycles. The smallest absolute Gasteiger partial charge is 0.133 e. The molecule has 1 heterocycles. The van der Waals surface area contributed by atoms with Gasteiger partial charge < -0.3 is 0 Å². The first-order valence-electron chi connectivity index (χ1n) is 6.11. The summed E-state index contributed by atoms with van der Waals surface area (Å²) in [7, 11) is 0. The van der Waals surface area contributed by atoms with Crippen molar-refractivity contribution in [2.75, 3.05) is 0 Å². The number of rotatable bonds is 3. The molecule has 90 valence electrons. The summed E-state index contributed by atoms with van der Waals surface area (Å²) in [6.07, 6.45) is 2.38. The van der Waals surface area contributed by atoms with Crippen LogP contribution in [0.1, 0.15) is 31.5 Å². The van der Waals surface area contributed by atoms with Crippen LogP contribution in [-0.2, 0) is 0 Å².